The third kappa shape index (κ3) is 4.75. The molecular formula is C29H29NO3. The smallest absolute Gasteiger partial charge is 0.337 e. The maximum atomic E-state index is 13.9. The van der Waals surface area contributed by atoms with Crippen LogP contribution in [0.5, 0.6) is 0 Å². The van der Waals surface area contributed by atoms with Gasteiger partial charge in [-0.05, 0) is 53.7 Å². The summed E-state index contributed by atoms with van der Waals surface area (Å²) in [7, 11) is 1.37. The highest BCUT2D eigenvalue weighted by molar-refractivity contribution is 6.37. The Morgan fingerprint density at radius 1 is 0.909 bits per heavy atom. The topological polar surface area (TPSA) is 46.6 Å². The monoisotopic (exact) mass is 439 g/mol. The van der Waals surface area contributed by atoms with Gasteiger partial charge in [-0.25, -0.2) is 4.79 Å². The highest BCUT2D eigenvalue weighted by atomic mass is 16.5. The van der Waals surface area contributed by atoms with Gasteiger partial charge in [0.05, 0.1) is 30.5 Å². The number of methoxy groups -OCH3 is 1. The van der Waals surface area contributed by atoms with Crippen molar-refractivity contribution in [3.05, 3.63) is 101 Å². The molecule has 0 atom stereocenters. The fourth-order valence-electron chi connectivity index (χ4n) is 4.31. The second-order valence-electron chi connectivity index (χ2n) is 8.75. The maximum absolute atomic E-state index is 13.9. The van der Waals surface area contributed by atoms with E-state index in [2.05, 4.69) is 26.0 Å². The molecule has 0 saturated heterocycles. The molecule has 0 saturated carbocycles. The number of ether oxygens (including phenoxy) is 1. The molecule has 0 bridgehead atoms. The summed E-state index contributed by atoms with van der Waals surface area (Å²) in [6.45, 7) is 4.80. The molecule has 1 amide bonds. The number of anilines is 1. The van der Waals surface area contributed by atoms with Crippen molar-refractivity contribution in [1.82, 2.24) is 0 Å². The summed E-state index contributed by atoms with van der Waals surface area (Å²) >= 11 is 0. The molecule has 3 aromatic rings. The molecule has 1 heterocycles. The van der Waals surface area contributed by atoms with E-state index < -0.39 is 0 Å². The fraction of sp³-hybridized carbons (Fsp3) is 0.241. The van der Waals surface area contributed by atoms with Crippen molar-refractivity contribution in [2.24, 2.45) is 5.92 Å². The Morgan fingerprint density at radius 2 is 1.61 bits per heavy atom. The van der Waals surface area contributed by atoms with Gasteiger partial charge in [0.15, 0.2) is 0 Å². The zero-order valence-corrected chi connectivity index (χ0v) is 19.4. The predicted molar refractivity (Wildman–Crippen MR) is 133 cm³/mol. The van der Waals surface area contributed by atoms with E-state index in [4.69, 9.17) is 4.74 Å². The van der Waals surface area contributed by atoms with Crippen molar-refractivity contribution in [2.75, 3.05) is 12.0 Å². The molecule has 1 aliphatic rings. The number of nitrogens with zero attached hydrogens (tertiary/aromatic N) is 1. The van der Waals surface area contributed by atoms with Gasteiger partial charge in [-0.3, -0.25) is 4.79 Å². The van der Waals surface area contributed by atoms with Gasteiger partial charge in [-0.2, -0.15) is 0 Å². The molecule has 33 heavy (non-hydrogen) atoms. The summed E-state index contributed by atoms with van der Waals surface area (Å²) in [6, 6.07) is 25.5. The standard InChI is InChI=1S/C29H29NO3/c1-20(2)16-17-24(22-11-5-4-6-12-22)27-25-14-7-8-15-26(25)30(28(27)31)19-21-10-9-13-23(18-21)29(32)33-3/h4-15,18,20H,16-17,19H2,1-3H3. The van der Waals surface area contributed by atoms with Crippen LogP contribution >= 0.6 is 0 Å². The summed E-state index contributed by atoms with van der Waals surface area (Å²) in [4.78, 5) is 27.7. The molecule has 0 unspecified atom stereocenters. The molecule has 4 heteroatoms. The summed E-state index contributed by atoms with van der Waals surface area (Å²) in [5.74, 6) is 0.154. The van der Waals surface area contributed by atoms with Gasteiger partial charge in [-0.15, -0.1) is 0 Å². The summed E-state index contributed by atoms with van der Waals surface area (Å²) in [6.07, 6.45) is 1.84. The molecule has 0 N–H and O–H groups in total. The van der Waals surface area contributed by atoms with E-state index in [9.17, 15) is 9.59 Å². The van der Waals surface area contributed by atoms with Crippen molar-refractivity contribution in [1.29, 1.82) is 0 Å². The second-order valence-corrected chi connectivity index (χ2v) is 8.75. The normalized spacial score (nSPS) is 14.4. The van der Waals surface area contributed by atoms with E-state index in [0.29, 0.717) is 18.0 Å². The number of carbonyl (C=O) groups excluding carboxylic acids is 2. The summed E-state index contributed by atoms with van der Waals surface area (Å²) in [5.41, 5.74) is 6.19. The van der Waals surface area contributed by atoms with Gasteiger partial charge in [-0.1, -0.05) is 74.5 Å². The number of esters is 1. The minimum atomic E-state index is -0.384. The first-order valence-electron chi connectivity index (χ1n) is 11.4. The average molecular weight is 440 g/mol. The number of para-hydroxylation sites is 1. The van der Waals surface area contributed by atoms with Crippen LogP contribution in [0.15, 0.2) is 78.9 Å². The minimum absolute atomic E-state index is 0.00211. The molecule has 0 radical (unpaired) electrons. The summed E-state index contributed by atoms with van der Waals surface area (Å²) < 4.78 is 4.86. The molecular weight excluding hydrogens is 410 g/mol. The number of benzene rings is 3. The quantitative estimate of drug-likeness (QED) is 0.318. The Balaban J connectivity index is 1.78. The highest BCUT2D eigenvalue weighted by Gasteiger charge is 2.34. The van der Waals surface area contributed by atoms with Crippen LogP contribution in [0.25, 0.3) is 11.1 Å². The van der Waals surface area contributed by atoms with Crippen molar-refractivity contribution in [3.8, 4) is 0 Å². The van der Waals surface area contributed by atoms with E-state index in [1.54, 1.807) is 12.1 Å². The van der Waals surface area contributed by atoms with Crippen LogP contribution in [0.4, 0.5) is 5.69 Å². The molecule has 1 aliphatic heterocycles. The van der Waals surface area contributed by atoms with Crippen molar-refractivity contribution in [2.45, 2.75) is 33.2 Å². The molecule has 0 aromatic heterocycles. The van der Waals surface area contributed by atoms with E-state index in [1.807, 2.05) is 59.5 Å². The van der Waals surface area contributed by atoms with Crippen molar-refractivity contribution < 1.29 is 14.3 Å². The van der Waals surface area contributed by atoms with Gasteiger partial charge >= 0.3 is 5.97 Å². The molecule has 0 fully saturated rings. The lowest BCUT2D eigenvalue weighted by Gasteiger charge is -2.18. The zero-order chi connectivity index (χ0) is 23.4. The maximum Gasteiger partial charge on any atom is 0.337 e. The Hall–Kier alpha value is -3.66. The first kappa shape index (κ1) is 22.5. The van der Waals surface area contributed by atoms with Gasteiger partial charge in [0, 0.05) is 5.56 Å². The van der Waals surface area contributed by atoms with E-state index in [-0.39, 0.29) is 11.9 Å². The Labute approximate surface area is 195 Å². The molecule has 0 spiro atoms. The summed E-state index contributed by atoms with van der Waals surface area (Å²) in [5, 5.41) is 0. The number of carbonyl (C=O) groups is 2. The second kappa shape index (κ2) is 9.86. The Morgan fingerprint density at radius 3 is 2.33 bits per heavy atom. The van der Waals surface area contributed by atoms with Crippen molar-refractivity contribution in [3.63, 3.8) is 0 Å². The number of amides is 1. The first-order valence-corrected chi connectivity index (χ1v) is 11.4. The highest BCUT2D eigenvalue weighted by Crippen LogP contribution is 2.43. The fourth-order valence-corrected chi connectivity index (χ4v) is 4.31. The van der Waals surface area contributed by atoms with Gasteiger partial charge in [0.25, 0.3) is 5.91 Å². The lowest BCUT2D eigenvalue weighted by Crippen LogP contribution is -2.26. The van der Waals surface area contributed by atoms with Gasteiger partial charge in [0.2, 0.25) is 0 Å². The van der Waals surface area contributed by atoms with E-state index >= 15 is 0 Å². The largest absolute Gasteiger partial charge is 0.465 e. The minimum Gasteiger partial charge on any atom is -0.465 e. The Kier molecular flexibility index (Phi) is 6.74. The lowest BCUT2D eigenvalue weighted by atomic mass is 9.90. The zero-order valence-electron chi connectivity index (χ0n) is 19.4. The number of allylic oxidation sites excluding steroid dienone is 1. The third-order valence-corrected chi connectivity index (χ3v) is 6.01. The van der Waals surface area contributed by atoms with Crippen LogP contribution in [-0.2, 0) is 16.1 Å². The molecule has 4 rings (SSSR count). The van der Waals surface area contributed by atoms with Crippen LogP contribution in [0.2, 0.25) is 0 Å². The van der Waals surface area contributed by atoms with Crippen LogP contribution < -0.4 is 4.90 Å². The number of hydrogen-bond acceptors (Lipinski definition) is 3. The molecule has 168 valence electrons. The average Bonchev–Trinajstić information content (AvgIpc) is 3.11. The molecule has 0 aliphatic carbocycles. The molecule has 3 aromatic carbocycles. The Bertz CT molecular complexity index is 1190. The molecule has 4 nitrogen and oxygen atoms in total. The first-order chi connectivity index (χ1) is 16.0. The third-order valence-electron chi connectivity index (χ3n) is 6.01. The van der Waals surface area contributed by atoms with E-state index in [0.717, 1.165) is 46.4 Å². The van der Waals surface area contributed by atoms with Crippen LogP contribution in [0, 0.1) is 5.92 Å². The predicted octanol–water partition coefficient (Wildman–Crippen LogP) is 6.37. The van der Waals surface area contributed by atoms with Crippen LogP contribution in [0.1, 0.15) is 53.7 Å². The lowest BCUT2D eigenvalue weighted by molar-refractivity contribution is -0.113. The van der Waals surface area contributed by atoms with Gasteiger partial charge in [0.1, 0.15) is 0 Å². The SMILES string of the molecule is COC(=O)c1cccc(CN2C(=O)C(=C(CCC(C)C)c3ccccc3)c3ccccc32)c1. The van der Waals surface area contributed by atoms with E-state index in [1.165, 1.54) is 7.11 Å². The number of fused-ring (bicyclic) bond motifs is 1. The van der Waals surface area contributed by atoms with Crippen LogP contribution in [-0.4, -0.2) is 19.0 Å². The van der Waals surface area contributed by atoms with Crippen LogP contribution in [0.3, 0.4) is 0 Å². The number of rotatable bonds is 7. The van der Waals surface area contributed by atoms with Crippen molar-refractivity contribution >= 4 is 28.7 Å². The van der Waals surface area contributed by atoms with Gasteiger partial charge < -0.3 is 9.64 Å². The number of hydrogen-bond donors (Lipinski definition) is 0.